The quantitative estimate of drug-likeness (QED) is 0.855. The van der Waals surface area contributed by atoms with Crippen molar-refractivity contribution in [1.29, 1.82) is 0 Å². The van der Waals surface area contributed by atoms with Gasteiger partial charge in [-0.25, -0.2) is 13.1 Å². The average Bonchev–Trinajstić information content (AvgIpc) is 2.97. The number of hydrogen-bond acceptors (Lipinski definition) is 5. The molecule has 1 aromatic rings. The van der Waals surface area contributed by atoms with Crippen molar-refractivity contribution in [1.82, 2.24) is 14.6 Å². The second kappa shape index (κ2) is 6.62. The van der Waals surface area contributed by atoms with Gasteiger partial charge < -0.3 is 4.74 Å². The molecule has 3 rings (SSSR count). The van der Waals surface area contributed by atoms with Gasteiger partial charge in [0, 0.05) is 45.2 Å². The molecule has 2 aliphatic heterocycles. The lowest BCUT2D eigenvalue weighted by molar-refractivity contribution is 0.162. The van der Waals surface area contributed by atoms with Crippen LogP contribution in [-0.4, -0.2) is 50.9 Å². The fraction of sp³-hybridized carbons (Fsp3) is 0.667. The molecule has 1 fully saturated rings. The van der Waals surface area contributed by atoms with Crippen LogP contribution >= 0.6 is 0 Å². The molecule has 122 valence electrons. The monoisotopic (exact) mass is 325 g/mol. The molecule has 7 heteroatoms. The van der Waals surface area contributed by atoms with Crippen molar-refractivity contribution in [3.8, 4) is 0 Å². The fourth-order valence-electron chi connectivity index (χ4n) is 3.24. The molecular formula is C15H23N3O3S. The van der Waals surface area contributed by atoms with Gasteiger partial charge in [0.05, 0.1) is 12.9 Å². The first kappa shape index (κ1) is 15.9. The Balaban J connectivity index is 1.67. The summed E-state index contributed by atoms with van der Waals surface area (Å²) in [7, 11) is -3.18. The standard InChI is InChI=1S/C15H23N3O3S/c1-22(19,20)17-8-13-6-16-7-14-10-18(4-2-15(13)14)9-12-3-5-21-11-12/h6-7,12,17H,2-5,8-11H2,1H3/t12-/m0/s1. The van der Waals surface area contributed by atoms with E-state index in [0.717, 1.165) is 51.3 Å². The molecule has 0 aliphatic carbocycles. The molecule has 0 saturated carbocycles. The lowest BCUT2D eigenvalue weighted by Crippen LogP contribution is -2.35. The number of nitrogens with zero attached hydrogens (tertiary/aromatic N) is 2. The molecule has 0 bridgehead atoms. The van der Waals surface area contributed by atoms with Crippen LogP contribution in [0.2, 0.25) is 0 Å². The van der Waals surface area contributed by atoms with Gasteiger partial charge in [-0.3, -0.25) is 9.88 Å². The first-order valence-corrected chi connectivity index (χ1v) is 9.60. The van der Waals surface area contributed by atoms with E-state index in [0.29, 0.717) is 12.5 Å². The topological polar surface area (TPSA) is 71.5 Å². The normalized spacial score (nSPS) is 22.7. The van der Waals surface area contributed by atoms with E-state index >= 15 is 0 Å². The molecule has 0 unspecified atom stereocenters. The average molecular weight is 325 g/mol. The molecule has 0 amide bonds. The first-order valence-electron chi connectivity index (χ1n) is 7.70. The van der Waals surface area contributed by atoms with Crippen molar-refractivity contribution in [2.45, 2.75) is 25.9 Å². The van der Waals surface area contributed by atoms with E-state index in [1.54, 1.807) is 6.20 Å². The van der Waals surface area contributed by atoms with Crippen LogP contribution in [0.25, 0.3) is 0 Å². The summed E-state index contributed by atoms with van der Waals surface area (Å²) in [4.78, 5) is 6.73. The largest absolute Gasteiger partial charge is 0.381 e. The number of aromatic nitrogens is 1. The van der Waals surface area contributed by atoms with Gasteiger partial charge in [0.2, 0.25) is 10.0 Å². The highest BCUT2D eigenvalue weighted by molar-refractivity contribution is 7.88. The van der Waals surface area contributed by atoms with E-state index in [2.05, 4.69) is 14.6 Å². The van der Waals surface area contributed by atoms with Crippen molar-refractivity contribution in [3.05, 3.63) is 29.1 Å². The van der Waals surface area contributed by atoms with E-state index in [9.17, 15) is 8.42 Å². The Morgan fingerprint density at radius 3 is 3.05 bits per heavy atom. The molecule has 0 aromatic carbocycles. The number of rotatable bonds is 5. The van der Waals surface area contributed by atoms with Crippen LogP contribution in [0.15, 0.2) is 12.4 Å². The molecule has 0 radical (unpaired) electrons. The van der Waals surface area contributed by atoms with Crippen molar-refractivity contribution < 1.29 is 13.2 Å². The Hall–Kier alpha value is -1.02. The summed E-state index contributed by atoms with van der Waals surface area (Å²) in [6.45, 7) is 5.07. The molecule has 22 heavy (non-hydrogen) atoms. The van der Waals surface area contributed by atoms with Gasteiger partial charge in [0.25, 0.3) is 0 Å². The molecule has 1 aromatic heterocycles. The predicted octanol–water partition coefficient (Wildman–Crippen LogP) is 0.525. The number of pyridine rings is 1. The lowest BCUT2D eigenvalue weighted by Gasteiger charge is -2.31. The second-order valence-corrected chi connectivity index (χ2v) is 8.08. The SMILES string of the molecule is CS(=O)(=O)NCc1cncc2c1CCN(C[C@@H]1CCOC1)C2. The van der Waals surface area contributed by atoms with Crippen LogP contribution in [0.4, 0.5) is 0 Å². The zero-order chi connectivity index (χ0) is 15.6. The second-order valence-electron chi connectivity index (χ2n) is 6.24. The molecule has 1 N–H and O–H groups in total. The van der Waals surface area contributed by atoms with Crippen LogP contribution < -0.4 is 4.72 Å². The fourth-order valence-corrected chi connectivity index (χ4v) is 3.65. The maximum Gasteiger partial charge on any atom is 0.209 e. The third kappa shape index (κ3) is 4.04. The summed E-state index contributed by atoms with van der Waals surface area (Å²) in [5.74, 6) is 0.643. The molecule has 1 atom stereocenters. The first-order chi connectivity index (χ1) is 10.5. The predicted molar refractivity (Wildman–Crippen MR) is 83.8 cm³/mol. The minimum Gasteiger partial charge on any atom is -0.381 e. The smallest absolute Gasteiger partial charge is 0.209 e. The summed E-state index contributed by atoms with van der Waals surface area (Å²) in [5, 5.41) is 0. The molecule has 1 saturated heterocycles. The van der Waals surface area contributed by atoms with Crippen molar-refractivity contribution in [2.75, 3.05) is 32.6 Å². The number of ether oxygens (including phenoxy) is 1. The highest BCUT2D eigenvalue weighted by Crippen LogP contribution is 2.24. The van der Waals surface area contributed by atoms with Crippen LogP contribution in [0.1, 0.15) is 23.1 Å². The minimum atomic E-state index is -3.18. The van der Waals surface area contributed by atoms with Gasteiger partial charge in [-0.1, -0.05) is 0 Å². The van der Waals surface area contributed by atoms with Crippen LogP contribution in [0, 0.1) is 5.92 Å². The van der Waals surface area contributed by atoms with Gasteiger partial charge in [0.15, 0.2) is 0 Å². The number of nitrogens with one attached hydrogen (secondary N) is 1. The van der Waals surface area contributed by atoms with Crippen LogP contribution in [0.3, 0.4) is 0 Å². The van der Waals surface area contributed by atoms with Crippen molar-refractivity contribution in [2.24, 2.45) is 5.92 Å². The summed E-state index contributed by atoms with van der Waals surface area (Å²) in [5.41, 5.74) is 3.47. The maximum atomic E-state index is 11.3. The van der Waals surface area contributed by atoms with E-state index < -0.39 is 10.0 Å². The van der Waals surface area contributed by atoms with Gasteiger partial charge in [-0.05, 0) is 35.4 Å². The molecule has 3 heterocycles. The Kier molecular flexibility index (Phi) is 4.77. The van der Waals surface area contributed by atoms with E-state index in [4.69, 9.17) is 4.74 Å². The molecular weight excluding hydrogens is 302 g/mol. The third-order valence-electron chi connectivity index (χ3n) is 4.37. The number of fused-ring (bicyclic) bond motifs is 1. The minimum absolute atomic E-state index is 0.325. The van der Waals surface area contributed by atoms with Gasteiger partial charge in [-0.2, -0.15) is 0 Å². The molecule has 6 nitrogen and oxygen atoms in total. The molecule has 0 spiro atoms. The number of sulfonamides is 1. The number of hydrogen-bond donors (Lipinski definition) is 1. The zero-order valence-corrected chi connectivity index (χ0v) is 13.7. The van der Waals surface area contributed by atoms with E-state index in [1.807, 2.05) is 6.20 Å². The maximum absolute atomic E-state index is 11.3. The zero-order valence-electron chi connectivity index (χ0n) is 12.9. The summed E-state index contributed by atoms with van der Waals surface area (Å²) >= 11 is 0. The Labute approximate surface area is 131 Å². The van der Waals surface area contributed by atoms with E-state index in [1.165, 1.54) is 17.4 Å². The highest BCUT2D eigenvalue weighted by atomic mass is 32.2. The summed E-state index contributed by atoms with van der Waals surface area (Å²) < 4.78 is 30.5. The van der Waals surface area contributed by atoms with Crippen molar-refractivity contribution >= 4 is 10.0 Å². The Morgan fingerprint density at radius 1 is 1.45 bits per heavy atom. The van der Waals surface area contributed by atoms with E-state index in [-0.39, 0.29) is 0 Å². The Bertz CT molecular complexity index is 627. The van der Waals surface area contributed by atoms with Crippen molar-refractivity contribution in [3.63, 3.8) is 0 Å². The highest BCUT2D eigenvalue weighted by Gasteiger charge is 2.24. The van der Waals surface area contributed by atoms with Crippen LogP contribution in [-0.2, 0) is 34.3 Å². The van der Waals surface area contributed by atoms with Crippen LogP contribution in [0.5, 0.6) is 0 Å². The summed E-state index contributed by atoms with van der Waals surface area (Å²) in [6.07, 6.45) is 6.97. The molecule has 2 aliphatic rings. The van der Waals surface area contributed by atoms with Gasteiger partial charge in [0.1, 0.15) is 0 Å². The third-order valence-corrected chi connectivity index (χ3v) is 5.04. The summed E-state index contributed by atoms with van der Waals surface area (Å²) in [6, 6.07) is 0. The van der Waals surface area contributed by atoms with Gasteiger partial charge in [-0.15, -0.1) is 0 Å². The van der Waals surface area contributed by atoms with Gasteiger partial charge >= 0.3 is 0 Å². The Morgan fingerprint density at radius 2 is 2.32 bits per heavy atom. The lowest BCUT2D eigenvalue weighted by atomic mass is 9.96.